The third-order valence-corrected chi connectivity index (χ3v) is 3.29. The minimum atomic E-state index is -3.67. The molecule has 0 atom stereocenters. The number of aromatic amines is 1. The van der Waals surface area contributed by atoms with Crippen molar-refractivity contribution >= 4 is 19.7 Å². The smallest absolute Gasteiger partial charge is 0.276 e. The van der Waals surface area contributed by atoms with Gasteiger partial charge in [-0.15, -0.1) is 0 Å². The van der Waals surface area contributed by atoms with E-state index in [0.717, 1.165) is 11.1 Å². The van der Waals surface area contributed by atoms with Crippen molar-refractivity contribution in [1.29, 1.82) is 0 Å². The maximum Gasteiger partial charge on any atom is 0.276 e. The van der Waals surface area contributed by atoms with E-state index in [1.807, 2.05) is 30.3 Å². The number of aromatic nitrogens is 1. The lowest BCUT2D eigenvalue weighted by atomic mass is 10.1. The molecule has 1 N–H and O–H groups in total. The first-order chi connectivity index (χ1) is 7.07. The summed E-state index contributed by atoms with van der Waals surface area (Å²) in [5, 5.41) is 0.0167. The van der Waals surface area contributed by atoms with E-state index in [0.29, 0.717) is 0 Å². The SMILES string of the molecule is O=S(=O)(Cl)c1cc(-c2ccccc2)c[nH]1. The molecule has 1 aromatic carbocycles. The zero-order valence-electron chi connectivity index (χ0n) is 7.64. The summed E-state index contributed by atoms with van der Waals surface area (Å²) in [7, 11) is 1.53. The number of hydrogen-bond acceptors (Lipinski definition) is 2. The number of hydrogen-bond donors (Lipinski definition) is 1. The molecule has 0 saturated heterocycles. The first-order valence-corrected chi connectivity index (χ1v) is 6.57. The van der Waals surface area contributed by atoms with Crippen LogP contribution in [0.1, 0.15) is 0 Å². The van der Waals surface area contributed by atoms with Crippen molar-refractivity contribution in [2.45, 2.75) is 5.03 Å². The van der Waals surface area contributed by atoms with E-state index in [9.17, 15) is 8.42 Å². The lowest BCUT2D eigenvalue weighted by molar-refractivity contribution is 0.607. The molecule has 0 fully saturated rings. The highest BCUT2D eigenvalue weighted by Gasteiger charge is 2.12. The molecule has 0 radical (unpaired) electrons. The topological polar surface area (TPSA) is 49.9 Å². The molecule has 78 valence electrons. The van der Waals surface area contributed by atoms with Crippen molar-refractivity contribution in [3.63, 3.8) is 0 Å². The number of benzene rings is 1. The first kappa shape index (κ1) is 10.3. The van der Waals surface area contributed by atoms with Gasteiger partial charge in [-0.2, -0.15) is 0 Å². The Kier molecular flexibility index (Phi) is 2.54. The molecule has 5 heteroatoms. The van der Waals surface area contributed by atoms with Crippen LogP contribution < -0.4 is 0 Å². The van der Waals surface area contributed by atoms with Gasteiger partial charge in [-0.25, -0.2) is 8.42 Å². The molecule has 1 aromatic heterocycles. The van der Waals surface area contributed by atoms with Crippen LogP contribution in [0.2, 0.25) is 0 Å². The number of H-pyrrole nitrogens is 1. The summed E-state index contributed by atoms with van der Waals surface area (Å²) in [5.41, 5.74) is 1.75. The van der Waals surface area contributed by atoms with Crippen molar-refractivity contribution < 1.29 is 8.42 Å². The van der Waals surface area contributed by atoms with E-state index in [4.69, 9.17) is 10.7 Å². The van der Waals surface area contributed by atoms with Crippen LogP contribution in [0.15, 0.2) is 47.6 Å². The van der Waals surface area contributed by atoms with Gasteiger partial charge in [-0.05, 0) is 11.6 Å². The summed E-state index contributed by atoms with van der Waals surface area (Å²) in [5.74, 6) is 0. The van der Waals surface area contributed by atoms with Crippen molar-refractivity contribution in [2.24, 2.45) is 0 Å². The zero-order chi connectivity index (χ0) is 10.9. The van der Waals surface area contributed by atoms with E-state index < -0.39 is 9.05 Å². The number of rotatable bonds is 2. The first-order valence-electron chi connectivity index (χ1n) is 4.26. The predicted octanol–water partition coefficient (Wildman–Crippen LogP) is 2.61. The van der Waals surface area contributed by atoms with Crippen molar-refractivity contribution in [1.82, 2.24) is 4.98 Å². The van der Waals surface area contributed by atoms with Gasteiger partial charge in [0.05, 0.1) is 0 Å². The molecule has 0 spiro atoms. The third-order valence-electron chi connectivity index (χ3n) is 2.03. The Morgan fingerprint density at radius 3 is 2.27 bits per heavy atom. The Hall–Kier alpha value is -1.26. The highest BCUT2D eigenvalue weighted by molar-refractivity contribution is 8.13. The van der Waals surface area contributed by atoms with E-state index in [1.165, 1.54) is 6.07 Å². The molecule has 0 bridgehead atoms. The highest BCUT2D eigenvalue weighted by atomic mass is 35.7. The van der Waals surface area contributed by atoms with Crippen LogP contribution in [0, 0.1) is 0 Å². The second-order valence-electron chi connectivity index (χ2n) is 3.06. The average molecular weight is 242 g/mol. The number of nitrogens with one attached hydrogen (secondary N) is 1. The van der Waals surface area contributed by atoms with Gasteiger partial charge in [0.1, 0.15) is 5.03 Å². The van der Waals surface area contributed by atoms with Crippen LogP contribution in [-0.2, 0) is 9.05 Å². The van der Waals surface area contributed by atoms with Crippen molar-refractivity contribution in [2.75, 3.05) is 0 Å². The Morgan fingerprint density at radius 2 is 1.73 bits per heavy atom. The lowest BCUT2D eigenvalue weighted by Gasteiger charge is -1.94. The molecule has 15 heavy (non-hydrogen) atoms. The van der Waals surface area contributed by atoms with Gasteiger partial charge in [-0.1, -0.05) is 30.3 Å². The van der Waals surface area contributed by atoms with Gasteiger partial charge in [0.2, 0.25) is 0 Å². The Labute approximate surface area is 92.1 Å². The van der Waals surface area contributed by atoms with Crippen LogP contribution in [0.3, 0.4) is 0 Å². The molecule has 0 aliphatic heterocycles. The molecule has 0 aliphatic rings. The van der Waals surface area contributed by atoms with Crippen molar-refractivity contribution in [3.8, 4) is 11.1 Å². The van der Waals surface area contributed by atoms with Gasteiger partial charge in [0.25, 0.3) is 9.05 Å². The second kappa shape index (κ2) is 3.72. The molecule has 3 nitrogen and oxygen atoms in total. The average Bonchev–Trinajstić information content (AvgIpc) is 2.67. The van der Waals surface area contributed by atoms with E-state index in [2.05, 4.69) is 4.98 Å². The molecule has 0 unspecified atom stereocenters. The fraction of sp³-hybridized carbons (Fsp3) is 0. The summed E-state index contributed by atoms with van der Waals surface area (Å²) in [6.07, 6.45) is 1.62. The van der Waals surface area contributed by atoms with Crippen molar-refractivity contribution in [3.05, 3.63) is 42.6 Å². The maximum absolute atomic E-state index is 11.0. The van der Waals surface area contributed by atoms with Crippen LogP contribution in [0.4, 0.5) is 0 Å². The van der Waals surface area contributed by atoms with Crippen LogP contribution >= 0.6 is 10.7 Å². The molecular formula is C10H8ClNO2S. The van der Waals surface area contributed by atoms with Gasteiger partial charge >= 0.3 is 0 Å². The Balaban J connectivity index is 2.46. The molecule has 0 saturated carbocycles. The quantitative estimate of drug-likeness (QED) is 0.822. The summed E-state index contributed by atoms with van der Waals surface area (Å²) in [4.78, 5) is 2.62. The third kappa shape index (κ3) is 2.22. The molecule has 0 aliphatic carbocycles. The summed E-state index contributed by atoms with van der Waals surface area (Å²) in [6.45, 7) is 0. The second-order valence-corrected chi connectivity index (χ2v) is 5.59. The van der Waals surface area contributed by atoms with E-state index in [-0.39, 0.29) is 5.03 Å². The maximum atomic E-state index is 11.0. The van der Waals surface area contributed by atoms with Gasteiger partial charge < -0.3 is 4.98 Å². The minimum absolute atomic E-state index is 0.0167. The molecule has 1 heterocycles. The molecule has 2 rings (SSSR count). The lowest BCUT2D eigenvalue weighted by Crippen LogP contribution is -1.88. The Morgan fingerprint density at radius 1 is 1.07 bits per heavy atom. The van der Waals surface area contributed by atoms with Gasteiger partial charge in [0, 0.05) is 22.4 Å². The van der Waals surface area contributed by atoms with Crippen LogP contribution in [0.25, 0.3) is 11.1 Å². The van der Waals surface area contributed by atoms with E-state index >= 15 is 0 Å². The fourth-order valence-corrected chi connectivity index (χ4v) is 2.05. The Bertz CT molecular complexity index is 560. The fourth-order valence-electron chi connectivity index (χ4n) is 1.31. The molecular weight excluding hydrogens is 234 g/mol. The summed E-state index contributed by atoms with van der Waals surface area (Å²) >= 11 is 0. The minimum Gasteiger partial charge on any atom is -0.351 e. The van der Waals surface area contributed by atoms with Gasteiger partial charge in [0.15, 0.2) is 0 Å². The van der Waals surface area contributed by atoms with Crippen LogP contribution in [-0.4, -0.2) is 13.4 Å². The highest BCUT2D eigenvalue weighted by Crippen LogP contribution is 2.23. The van der Waals surface area contributed by atoms with E-state index in [1.54, 1.807) is 6.20 Å². The van der Waals surface area contributed by atoms with Crippen LogP contribution in [0.5, 0.6) is 0 Å². The standard InChI is InChI=1S/C10H8ClNO2S/c11-15(13,14)10-6-9(7-12-10)8-4-2-1-3-5-8/h1-7,12H. The normalized spacial score (nSPS) is 11.5. The summed E-state index contributed by atoms with van der Waals surface area (Å²) in [6, 6.07) is 11.0. The zero-order valence-corrected chi connectivity index (χ0v) is 9.22. The van der Waals surface area contributed by atoms with Gasteiger partial charge in [-0.3, -0.25) is 0 Å². The molecule has 0 amide bonds. The predicted molar refractivity (Wildman–Crippen MR) is 59.3 cm³/mol. The summed E-state index contributed by atoms with van der Waals surface area (Å²) < 4.78 is 22.0. The number of halogens is 1. The monoisotopic (exact) mass is 241 g/mol. The molecule has 2 aromatic rings. The largest absolute Gasteiger partial charge is 0.351 e.